The fourth-order valence-corrected chi connectivity index (χ4v) is 5.73. The molecular weight excluding hydrogens is 395 g/mol. The Kier molecular flexibility index (Phi) is 3.77. The molecule has 1 saturated heterocycles. The van der Waals surface area contributed by atoms with E-state index >= 15 is 0 Å². The first-order valence-electron chi connectivity index (χ1n) is 10.9. The number of carbonyl (C=O) groups excluding carboxylic acids is 1. The maximum Gasteiger partial charge on any atom is 0.256 e. The summed E-state index contributed by atoms with van der Waals surface area (Å²) in [5.41, 5.74) is 3.07. The Bertz CT molecular complexity index is 1220. The number of carbonyl (C=O) groups is 1. The predicted octanol–water partition coefficient (Wildman–Crippen LogP) is 3.16. The molecule has 0 aromatic carbocycles. The lowest BCUT2D eigenvalue weighted by molar-refractivity contribution is 0.0940. The van der Waals surface area contributed by atoms with Crippen LogP contribution < -0.4 is 10.2 Å². The zero-order valence-electron chi connectivity index (χ0n) is 17.8. The molecule has 1 aliphatic carbocycles. The lowest BCUT2D eigenvalue weighted by Gasteiger charge is -2.33. The van der Waals surface area contributed by atoms with Crippen molar-refractivity contribution in [3.63, 3.8) is 0 Å². The van der Waals surface area contributed by atoms with E-state index in [2.05, 4.69) is 34.1 Å². The number of piperidine rings is 1. The van der Waals surface area contributed by atoms with Gasteiger partial charge in [-0.2, -0.15) is 5.10 Å². The van der Waals surface area contributed by atoms with Gasteiger partial charge in [0, 0.05) is 24.5 Å². The Balaban J connectivity index is 1.56. The fraction of sp³-hybridized carbons (Fsp3) is 0.478. The average molecular weight is 420 g/mol. The Morgan fingerprint density at radius 2 is 2.13 bits per heavy atom. The molecule has 4 atom stereocenters. The molecule has 7 nitrogen and oxygen atoms in total. The lowest BCUT2D eigenvalue weighted by Crippen LogP contribution is -2.33. The maximum absolute atomic E-state index is 14.4. The van der Waals surface area contributed by atoms with Gasteiger partial charge in [-0.05, 0) is 54.7 Å². The second kappa shape index (κ2) is 6.24. The Hall–Kier alpha value is -3.03. The van der Waals surface area contributed by atoms with Gasteiger partial charge in [0.25, 0.3) is 5.91 Å². The van der Waals surface area contributed by atoms with Crippen LogP contribution in [0.1, 0.15) is 54.8 Å². The summed E-state index contributed by atoms with van der Waals surface area (Å²) in [7, 11) is 0. The first kappa shape index (κ1) is 18.7. The van der Waals surface area contributed by atoms with Crippen LogP contribution in [0, 0.1) is 23.1 Å². The summed E-state index contributed by atoms with van der Waals surface area (Å²) in [4.78, 5) is 24.5. The molecule has 0 radical (unpaired) electrons. The first-order chi connectivity index (χ1) is 14.8. The molecule has 160 valence electrons. The molecule has 31 heavy (non-hydrogen) atoms. The molecule has 1 N–H and O–H groups in total. The number of amides is 1. The van der Waals surface area contributed by atoms with Gasteiger partial charge in [0.15, 0.2) is 5.65 Å². The van der Waals surface area contributed by atoms with Crippen molar-refractivity contribution in [3.05, 3.63) is 53.4 Å². The van der Waals surface area contributed by atoms with E-state index in [-0.39, 0.29) is 29.2 Å². The zero-order valence-corrected chi connectivity index (χ0v) is 17.8. The fourth-order valence-electron chi connectivity index (χ4n) is 5.73. The van der Waals surface area contributed by atoms with E-state index in [4.69, 9.17) is 4.98 Å². The molecule has 3 aliphatic rings. The smallest absolute Gasteiger partial charge is 0.256 e. The van der Waals surface area contributed by atoms with Crippen LogP contribution in [-0.2, 0) is 6.42 Å². The zero-order chi connectivity index (χ0) is 21.5. The van der Waals surface area contributed by atoms with Crippen molar-refractivity contribution in [1.29, 1.82) is 0 Å². The van der Waals surface area contributed by atoms with Crippen LogP contribution in [0.5, 0.6) is 0 Å². The Labute approximate surface area is 179 Å². The number of nitrogens with one attached hydrogen (secondary N) is 1. The lowest BCUT2D eigenvalue weighted by atomic mass is 9.92. The molecule has 3 aromatic rings. The molecule has 3 aromatic heterocycles. The first-order valence-corrected chi connectivity index (χ1v) is 10.9. The second-order valence-electron chi connectivity index (χ2n) is 9.77. The molecule has 5 heterocycles. The molecule has 1 saturated carbocycles. The van der Waals surface area contributed by atoms with Crippen LogP contribution in [0.3, 0.4) is 0 Å². The molecule has 8 heteroatoms. The summed E-state index contributed by atoms with van der Waals surface area (Å²) in [6.07, 6.45) is 6.11. The summed E-state index contributed by atoms with van der Waals surface area (Å²) >= 11 is 0. The minimum absolute atomic E-state index is 0.0132. The van der Waals surface area contributed by atoms with Crippen molar-refractivity contribution in [1.82, 2.24) is 24.9 Å². The largest absolute Gasteiger partial charge is 0.349 e. The number of halogens is 1. The van der Waals surface area contributed by atoms with Crippen molar-refractivity contribution in [3.8, 4) is 0 Å². The molecule has 0 spiro atoms. The van der Waals surface area contributed by atoms with Crippen molar-refractivity contribution in [2.75, 3.05) is 11.4 Å². The number of aryl methyl sites for hydroxylation is 1. The molecule has 2 aliphatic heterocycles. The maximum atomic E-state index is 14.4. The van der Waals surface area contributed by atoms with Gasteiger partial charge in [-0.1, -0.05) is 13.8 Å². The van der Waals surface area contributed by atoms with Gasteiger partial charge in [-0.15, -0.1) is 0 Å². The highest BCUT2D eigenvalue weighted by Gasteiger charge is 2.67. The van der Waals surface area contributed by atoms with E-state index in [1.54, 1.807) is 16.8 Å². The molecule has 0 unspecified atom stereocenters. The summed E-state index contributed by atoms with van der Waals surface area (Å²) in [5.74, 6) is 1.23. The van der Waals surface area contributed by atoms with Gasteiger partial charge in [0.2, 0.25) is 0 Å². The van der Waals surface area contributed by atoms with Crippen LogP contribution in [0.25, 0.3) is 5.65 Å². The quantitative estimate of drug-likeness (QED) is 0.605. The highest BCUT2D eigenvalue weighted by molar-refractivity contribution is 5.99. The summed E-state index contributed by atoms with van der Waals surface area (Å²) < 4.78 is 16.0. The molecule has 1 amide bonds. The third kappa shape index (κ3) is 2.70. The number of hydrogen-bond donors (Lipinski definition) is 1. The number of aromatic nitrogens is 4. The van der Waals surface area contributed by atoms with Crippen molar-refractivity contribution >= 4 is 17.4 Å². The number of hydrogen-bond acceptors (Lipinski definition) is 5. The van der Waals surface area contributed by atoms with Crippen LogP contribution in [0.2, 0.25) is 0 Å². The van der Waals surface area contributed by atoms with Crippen LogP contribution in [-0.4, -0.2) is 38.1 Å². The van der Waals surface area contributed by atoms with Crippen LogP contribution >= 0.6 is 0 Å². The van der Waals surface area contributed by atoms with E-state index in [1.165, 1.54) is 6.20 Å². The predicted molar refractivity (Wildman–Crippen MR) is 113 cm³/mol. The summed E-state index contributed by atoms with van der Waals surface area (Å²) in [5, 5.41) is 7.35. The van der Waals surface area contributed by atoms with Crippen LogP contribution in [0.15, 0.2) is 30.7 Å². The number of fused-ring (bicyclic) bond motifs is 7. The molecule has 2 bridgehead atoms. The van der Waals surface area contributed by atoms with Gasteiger partial charge in [0.1, 0.15) is 17.2 Å². The van der Waals surface area contributed by atoms with E-state index in [1.807, 2.05) is 19.2 Å². The van der Waals surface area contributed by atoms with Crippen molar-refractivity contribution < 1.29 is 9.18 Å². The molecular formula is C23H25FN6O. The summed E-state index contributed by atoms with van der Waals surface area (Å²) in [6, 6.07) is 3.54. The van der Waals surface area contributed by atoms with Crippen molar-refractivity contribution in [2.24, 2.45) is 17.3 Å². The second-order valence-corrected chi connectivity index (χ2v) is 9.77. The summed E-state index contributed by atoms with van der Waals surface area (Å²) in [6.45, 7) is 7.42. The number of anilines is 1. The normalized spacial score (nSPS) is 28.8. The third-order valence-corrected chi connectivity index (χ3v) is 7.58. The third-order valence-electron chi connectivity index (χ3n) is 7.58. The average Bonchev–Trinajstić information content (AvgIpc) is 3.12. The number of rotatable bonds is 0. The minimum atomic E-state index is -0.312. The highest BCUT2D eigenvalue weighted by Crippen LogP contribution is 2.69. The van der Waals surface area contributed by atoms with E-state index in [0.29, 0.717) is 29.5 Å². The van der Waals surface area contributed by atoms with Gasteiger partial charge in [-0.3, -0.25) is 9.78 Å². The SMILES string of the molecule is C[C@@H]1CCc2ncc(F)cc2[C@H]2[C@@H]3[C@H](CN2c2ccn4ncc(c4n2)C(=O)N1)C3(C)C. The van der Waals surface area contributed by atoms with E-state index in [9.17, 15) is 9.18 Å². The molecule has 6 rings (SSSR count). The van der Waals surface area contributed by atoms with E-state index < -0.39 is 0 Å². The van der Waals surface area contributed by atoms with Crippen LogP contribution in [0.4, 0.5) is 10.2 Å². The Morgan fingerprint density at radius 1 is 1.29 bits per heavy atom. The van der Waals surface area contributed by atoms with Gasteiger partial charge >= 0.3 is 0 Å². The monoisotopic (exact) mass is 420 g/mol. The number of pyridine rings is 1. The van der Waals surface area contributed by atoms with E-state index in [0.717, 1.165) is 30.0 Å². The number of nitrogens with zero attached hydrogens (tertiary/aromatic N) is 5. The van der Waals surface area contributed by atoms with Gasteiger partial charge in [0.05, 0.1) is 18.4 Å². The molecule has 2 fully saturated rings. The van der Waals surface area contributed by atoms with Gasteiger partial charge < -0.3 is 10.2 Å². The van der Waals surface area contributed by atoms with Gasteiger partial charge in [-0.25, -0.2) is 13.9 Å². The van der Waals surface area contributed by atoms with Crippen molar-refractivity contribution in [2.45, 2.75) is 45.7 Å². The standard InChI is InChI=1S/C23H25FN6O/c1-12-4-5-17-14(8-13(24)9-25-17)20-19-16(23(19,2)3)11-29(20)18-6-7-30-21(28-18)15(10-26-30)22(31)27-12/h6-10,12,16,19-20H,4-5,11H2,1-3H3,(H,27,31)/t12-,16+,19+,20+/m1/s1. The topological polar surface area (TPSA) is 75.4 Å². The minimum Gasteiger partial charge on any atom is -0.349 e. The highest BCUT2D eigenvalue weighted by atomic mass is 19.1. The Morgan fingerprint density at radius 3 is 2.97 bits per heavy atom.